The summed E-state index contributed by atoms with van der Waals surface area (Å²) in [5, 5.41) is 15.6. The number of pyridine rings is 1. The highest BCUT2D eigenvalue weighted by Crippen LogP contribution is 2.46. The van der Waals surface area contributed by atoms with Crippen LogP contribution in [0.5, 0.6) is 5.75 Å². The molecule has 1 aliphatic rings. The van der Waals surface area contributed by atoms with E-state index in [9.17, 15) is 5.11 Å². The average molecular weight is 496 g/mol. The molecular formula is C25H19Cl2N3O2S. The van der Waals surface area contributed by atoms with Crippen molar-refractivity contribution in [1.29, 1.82) is 0 Å². The maximum absolute atomic E-state index is 10.6. The molecule has 2 atom stereocenters. The fourth-order valence-corrected chi connectivity index (χ4v) is 4.80. The van der Waals surface area contributed by atoms with E-state index in [0.29, 0.717) is 32.4 Å². The quantitative estimate of drug-likeness (QED) is 0.302. The van der Waals surface area contributed by atoms with Gasteiger partial charge in [-0.1, -0.05) is 41.4 Å². The van der Waals surface area contributed by atoms with E-state index in [1.165, 1.54) is 0 Å². The van der Waals surface area contributed by atoms with E-state index in [2.05, 4.69) is 10.3 Å². The number of nitrogens with zero attached hydrogens (tertiary/aromatic N) is 2. The molecule has 0 radical (unpaired) electrons. The molecule has 8 heteroatoms. The third-order valence-electron chi connectivity index (χ3n) is 5.75. The van der Waals surface area contributed by atoms with Crippen LogP contribution in [0.4, 0.5) is 5.69 Å². The molecule has 1 fully saturated rings. The number of benzene rings is 2. The minimum atomic E-state index is -0.412. The zero-order valence-corrected chi connectivity index (χ0v) is 19.8. The summed E-state index contributed by atoms with van der Waals surface area (Å²) in [4.78, 5) is 6.36. The van der Waals surface area contributed by atoms with Gasteiger partial charge in [-0.25, -0.2) is 0 Å². The van der Waals surface area contributed by atoms with E-state index >= 15 is 0 Å². The molecule has 3 heterocycles. The molecule has 2 N–H and O–H groups in total. The van der Waals surface area contributed by atoms with Crippen LogP contribution in [-0.2, 0) is 0 Å². The number of thiocarbonyl (C=S) groups is 1. The third kappa shape index (κ3) is 3.95. The van der Waals surface area contributed by atoms with Gasteiger partial charge < -0.3 is 19.7 Å². The zero-order chi connectivity index (χ0) is 23.1. The molecule has 0 aliphatic carbocycles. The summed E-state index contributed by atoms with van der Waals surface area (Å²) in [5.41, 5.74) is 3.13. The van der Waals surface area contributed by atoms with Crippen molar-refractivity contribution in [3.05, 3.63) is 100.0 Å². The molecule has 0 unspecified atom stereocenters. The first-order chi connectivity index (χ1) is 15.9. The molecule has 4 aromatic rings. The van der Waals surface area contributed by atoms with Gasteiger partial charge in [-0.3, -0.25) is 4.98 Å². The lowest BCUT2D eigenvalue weighted by Gasteiger charge is -2.26. The van der Waals surface area contributed by atoms with Gasteiger partial charge in [0.25, 0.3) is 0 Å². The molecule has 1 saturated heterocycles. The Hall–Kier alpha value is -3.06. The summed E-state index contributed by atoms with van der Waals surface area (Å²) in [6.07, 6.45) is 1.74. The normalized spacial score (nSPS) is 17.9. The van der Waals surface area contributed by atoms with Gasteiger partial charge in [-0.05, 0) is 73.2 Å². The Kier molecular flexibility index (Phi) is 5.74. The van der Waals surface area contributed by atoms with E-state index in [-0.39, 0.29) is 11.8 Å². The molecule has 0 amide bonds. The molecule has 5 nitrogen and oxygen atoms in total. The first-order valence-electron chi connectivity index (χ1n) is 10.3. The summed E-state index contributed by atoms with van der Waals surface area (Å²) in [6, 6.07) is 19.4. The summed E-state index contributed by atoms with van der Waals surface area (Å²) in [5.74, 6) is 1.41. The van der Waals surface area contributed by atoms with Crippen molar-refractivity contribution in [3.8, 4) is 17.1 Å². The maximum atomic E-state index is 10.6. The number of hydrogen-bond donors (Lipinski definition) is 2. The number of phenolic OH excluding ortho intramolecular Hbond substituents is 1. The molecule has 166 valence electrons. The maximum Gasteiger partial charge on any atom is 0.174 e. The molecule has 0 saturated carbocycles. The number of furan rings is 1. The molecule has 5 rings (SSSR count). The summed E-state index contributed by atoms with van der Waals surface area (Å²) in [7, 11) is 0. The predicted molar refractivity (Wildman–Crippen MR) is 135 cm³/mol. The highest BCUT2D eigenvalue weighted by molar-refractivity contribution is 7.80. The van der Waals surface area contributed by atoms with E-state index in [1.807, 2.05) is 60.4 Å². The van der Waals surface area contributed by atoms with Crippen molar-refractivity contribution in [2.75, 3.05) is 4.90 Å². The van der Waals surface area contributed by atoms with E-state index < -0.39 is 6.04 Å². The number of hydrogen-bond acceptors (Lipinski definition) is 4. The van der Waals surface area contributed by atoms with Gasteiger partial charge in [0.05, 0.1) is 17.4 Å². The third-order valence-corrected chi connectivity index (χ3v) is 6.71. The standard InChI is InChI=1S/C25H19Cl2N3O2S/c1-14-16(5-4-6-17(14)27)21-10-11-22(32-21)24-23(18-7-2-3-12-28-18)29-25(33)30(24)19-13-15(26)8-9-20(19)31/h2-13,23-24,31H,1H3,(H,29,33)/t23-,24+/m0/s1. The Morgan fingerprint density at radius 3 is 2.70 bits per heavy atom. The van der Waals surface area contributed by atoms with Crippen LogP contribution in [0, 0.1) is 6.92 Å². The monoisotopic (exact) mass is 495 g/mol. The number of anilines is 1. The second kappa shape index (κ2) is 8.71. The minimum absolute atomic E-state index is 0.0627. The number of halogens is 2. The molecular weight excluding hydrogens is 477 g/mol. The molecule has 0 spiro atoms. The average Bonchev–Trinajstić information content (AvgIpc) is 3.42. The summed E-state index contributed by atoms with van der Waals surface area (Å²) < 4.78 is 6.37. The van der Waals surface area contributed by atoms with Crippen LogP contribution in [0.1, 0.15) is 29.1 Å². The number of nitrogens with one attached hydrogen (secondary N) is 1. The number of phenols is 1. The Labute approximate surface area is 206 Å². The van der Waals surface area contributed by atoms with Crippen LogP contribution in [0.2, 0.25) is 10.0 Å². The fraction of sp³-hybridized carbons (Fsp3) is 0.120. The van der Waals surface area contributed by atoms with E-state index in [1.54, 1.807) is 24.4 Å². The smallest absolute Gasteiger partial charge is 0.174 e. The van der Waals surface area contributed by atoms with Gasteiger partial charge in [0.1, 0.15) is 23.3 Å². The Bertz CT molecular complexity index is 1340. The van der Waals surface area contributed by atoms with Crippen LogP contribution in [0.3, 0.4) is 0 Å². The highest BCUT2D eigenvalue weighted by Gasteiger charge is 2.43. The van der Waals surface area contributed by atoms with Crippen molar-refractivity contribution < 1.29 is 9.52 Å². The van der Waals surface area contributed by atoms with Crippen molar-refractivity contribution in [2.24, 2.45) is 0 Å². The topological polar surface area (TPSA) is 61.5 Å². The second-order valence-electron chi connectivity index (χ2n) is 7.74. The minimum Gasteiger partial charge on any atom is -0.506 e. The lowest BCUT2D eigenvalue weighted by atomic mass is 10.0. The van der Waals surface area contributed by atoms with Gasteiger partial charge in [-0.2, -0.15) is 0 Å². The Morgan fingerprint density at radius 2 is 1.91 bits per heavy atom. The van der Waals surface area contributed by atoms with Crippen molar-refractivity contribution in [1.82, 2.24) is 10.3 Å². The predicted octanol–water partition coefficient (Wildman–Crippen LogP) is 6.84. The highest BCUT2D eigenvalue weighted by atomic mass is 35.5. The van der Waals surface area contributed by atoms with Gasteiger partial charge in [0.15, 0.2) is 5.11 Å². The van der Waals surface area contributed by atoms with Crippen LogP contribution in [-0.4, -0.2) is 15.2 Å². The molecule has 0 bridgehead atoms. The second-order valence-corrected chi connectivity index (χ2v) is 8.97. The Balaban J connectivity index is 1.64. The van der Waals surface area contributed by atoms with Crippen LogP contribution in [0.15, 0.2) is 77.3 Å². The molecule has 2 aromatic heterocycles. The molecule has 2 aromatic carbocycles. The van der Waals surface area contributed by atoms with E-state index in [0.717, 1.165) is 16.8 Å². The number of rotatable bonds is 4. The largest absolute Gasteiger partial charge is 0.506 e. The van der Waals surface area contributed by atoms with Gasteiger partial charge >= 0.3 is 0 Å². The SMILES string of the molecule is Cc1c(Cl)cccc1-c1ccc([C@@H]2[C@H](c3ccccn3)NC(=S)N2c2cc(Cl)ccc2O)o1. The van der Waals surface area contributed by atoms with Crippen LogP contribution < -0.4 is 10.2 Å². The van der Waals surface area contributed by atoms with Crippen molar-refractivity contribution in [2.45, 2.75) is 19.0 Å². The Morgan fingerprint density at radius 1 is 1.06 bits per heavy atom. The van der Waals surface area contributed by atoms with E-state index in [4.69, 9.17) is 39.8 Å². The lowest BCUT2D eigenvalue weighted by Crippen LogP contribution is -2.29. The van der Waals surface area contributed by atoms with Crippen LogP contribution in [0.25, 0.3) is 11.3 Å². The number of aromatic hydroxyl groups is 1. The van der Waals surface area contributed by atoms with Crippen molar-refractivity contribution in [3.63, 3.8) is 0 Å². The first kappa shape index (κ1) is 21.8. The zero-order valence-electron chi connectivity index (χ0n) is 17.5. The van der Waals surface area contributed by atoms with Gasteiger partial charge in [0.2, 0.25) is 0 Å². The summed E-state index contributed by atoms with van der Waals surface area (Å²) in [6.45, 7) is 1.96. The first-order valence-corrected chi connectivity index (χ1v) is 11.4. The van der Waals surface area contributed by atoms with Crippen molar-refractivity contribution >= 4 is 46.2 Å². The number of aromatic nitrogens is 1. The lowest BCUT2D eigenvalue weighted by molar-refractivity contribution is 0.434. The fourth-order valence-electron chi connectivity index (χ4n) is 4.12. The van der Waals surface area contributed by atoms with Gasteiger partial charge in [-0.15, -0.1) is 0 Å². The van der Waals surface area contributed by atoms with Gasteiger partial charge in [0, 0.05) is 21.8 Å². The molecule has 33 heavy (non-hydrogen) atoms. The summed E-state index contributed by atoms with van der Waals surface area (Å²) >= 11 is 18.3. The van der Waals surface area contributed by atoms with Crippen LogP contribution >= 0.6 is 35.4 Å². The molecule has 1 aliphatic heterocycles.